The van der Waals surface area contributed by atoms with Gasteiger partial charge in [0, 0.05) is 0 Å². The molecule has 1 aliphatic carbocycles. The lowest BCUT2D eigenvalue weighted by molar-refractivity contribution is 0.315. The molecular formula is C10H19NO. The summed E-state index contributed by atoms with van der Waals surface area (Å²) in [4.78, 5) is 0. The first-order valence-corrected chi connectivity index (χ1v) is 5.06. The molecule has 0 bridgehead atoms. The van der Waals surface area contributed by atoms with E-state index in [2.05, 4.69) is 12.1 Å². The van der Waals surface area contributed by atoms with Crippen LogP contribution in [0.2, 0.25) is 0 Å². The largest absolute Gasteiger partial charge is 0.411 e. The molecule has 0 aromatic rings. The highest BCUT2D eigenvalue weighted by Gasteiger charge is 2.23. The maximum atomic E-state index is 8.69. The molecule has 12 heavy (non-hydrogen) atoms. The van der Waals surface area contributed by atoms with Crippen LogP contribution in [0.5, 0.6) is 0 Å². The Morgan fingerprint density at radius 1 is 1.42 bits per heavy atom. The summed E-state index contributed by atoms with van der Waals surface area (Å²) >= 11 is 0. The smallest absolute Gasteiger partial charge is 0.0573 e. The van der Waals surface area contributed by atoms with Crippen molar-refractivity contribution in [3.8, 4) is 0 Å². The second-order valence-electron chi connectivity index (χ2n) is 3.77. The summed E-state index contributed by atoms with van der Waals surface area (Å²) in [5.74, 6) is 0.845. The van der Waals surface area contributed by atoms with Gasteiger partial charge < -0.3 is 5.21 Å². The molecule has 0 aliphatic heterocycles. The van der Waals surface area contributed by atoms with Crippen LogP contribution < -0.4 is 0 Å². The second kappa shape index (κ2) is 5.18. The van der Waals surface area contributed by atoms with Crippen molar-refractivity contribution < 1.29 is 5.21 Å². The van der Waals surface area contributed by atoms with E-state index < -0.39 is 0 Å². The lowest BCUT2D eigenvalue weighted by Crippen LogP contribution is -1.99. The number of rotatable bonds is 6. The molecule has 0 aromatic heterocycles. The molecule has 0 saturated heterocycles. The zero-order valence-corrected chi connectivity index (χ0v) is 7.92. The Bertz CT molecular complexity index is 150. The van der Waals surface area contributed by atoms with Crippen LogP contribution in [0.15, 0.2) is 5.16 Å². The molecule has 0 heterocycles. The molecule has 1 rings (SSSR count). The van der Waals surface area contributed by atoms with Gasteiger partial charge in [0.25, 0.3) is 0 Å². The SMILES string of the molecule is CCCCC/C(CC1CC1)=N/O. The number of hydrogen-bond donors (Lipinski definition) is 1. The molecule has 0 radical (unpaired) electrons. The zero-order valence-electron chi connectivity index (χ0n) is 7.92. The third kappa shape index (κ3) is 3.74. The minimum absolute atomic E-state index is 0.845. The fourth-order valence-corrected chi connectivity index (χ4v) is 1.43. The summed E-state index contributed by atoms with van der Waals surface area (Å²) in [6.07, 6.45) is 8.40. The summed E-state index contributed by atoms with van der Waals surface area (Å²) in [6.45, 7) is 2.19. The molecule has 0 unspecified atom stereocenters. The van der Waals surface area contributed by atoms with E-state index in [0.29, 0.717) is 0 Å². The first-order valence-electron chi connectivity index (χ1n) is 5.06. The van der Waals surface area contributed by atoms with Crippen LogP contribution in [0.25, 0.3) is 0 Å². The zero-order chi connectivity index (χ0) is 8.81. The van der Waals surface area contributed by atoms with Crippen LogP contribution in [0.1, 0.15) is 51.9 Å². The number of nitrogens with zero attached hydrogens (tertiary/aromatic N) is 1. The predicted octanol–water partition coefficient (Wildman–Crippen LogP) is 3.20. The first-order chi connectivity index (χ1) is 5.86. The van der Waals surface area contributed by atoms with Gasteiger partial charge in [-0.05, 0) is 38.0 Å². The van der Waals surface area contributed by atoms with Crippen molar-refractivity contribution in [2.75, 3.05) is 0 Å². The standard InChI is InChI=1S/C10H19NO/c1-2-3-4-5-10(11-12)8-9-6-7-9/h9,12H,2-8H2,1H3/b11-10-. The monoisotopic (exact) mass is 169 g/mol. The molecule has 2 nitrogen and oxygen atoms in total. The molecule has 1 saturated carbocycles. The van der Waals surface area contributed by atoms with Crippen LogP contribution >= 0.6 is 0 Å². The predicted molar refractivity (Wildman–Crippen MR) is 50.7 cm³/mol. The van der Waals surface area contributed by atoms with Gasteiger partial charge in [-0.15, -0.1) is 0 Å². The molecule has 2 heteroatoms. The summed E-state index contributed by atoms with van der Waals surface area (Å²) in [5.41, 5.74) is 1.02. The summed E-state index contributed by atoms with van der Waals surface area (Å²) in [5, 5.41) is 12.0. The van der Waals surface area contributed by atoms with Crippen LogP contribution in [0.3, 0.4) is 0 Å². The Morgan fingerprint density at radius 3 is 2.67 bits per heavy atom. The average molecular weight is 169 g/mol. The highest BCUT2D eigenvalue weighted by Crippen LogP contribution is 2.33. The van der Waals surface area contributed by atoms with E-state index in [0.717, 1.165) is 24.5 Å². The van der Waals surface area contributed by atoms with Crippen molar-refractivity contribution in [3.63, 3.8) is 0 Å². The van der Waals surface area contributed by atoms with Crippen LogP contribution in [0, 0.1) is 5.92 Å². The van der Waals surface area contributed by atoms with Gasteiger partial charge in [0.15, 0.2) is 0 Å². The topological polar surface area (TPSA) is 32.6 Å². The molecule has 0 atom stereocenters. The summed E-state index contributed by atoms with van der Waals surface area (Å²) < 4.78 is 0. The number of unbranched alkanes of at least 4 members (excludes halogenated alkanes) is 2. The summed E-state index contributed by atoms with van der Waals surface area (Å²) in [7, 11) is 0. The first kappa shape index (κ1) is 9.56. The van der Waals surface area contributed by atoms with Gasteiger partial charge in [0.1, 0.15) is 0 Å². The van der Waals surface area contributed by atoms with Gasteiger partial charge in [0.2, 0.25) is 0 Å². The van der Waals surface area contributed by atoms with Crippen molar-refractivity contribution >= 4 is 5.71 Å². The van der Waals surface area contributed by atoms with E-state index in [9.17, 15) is 0 Å². The molecule has 0 amide bonds. The lowest BCUT2D eigenvalue weighted by atomic mass is 10.1. The normalized spacial score (nSPS) is 18.2. The van der Waals surface area contributed by atoms with Gasteiger partial charge in [-0.1, -0.05) is 24.9 Å². The Morgan fingerprint density at radius 2 is 2.17 bits per heavy atom. The van der Waals surface area contributed by atoms with Gasteiger partial charge in [-0.2, -0.15) is 0 Å². The third-order valence-electron chi connectivity index (χ3n) is 2.43. The van der Waals surface area contributed by atoms with Crippen molar-refractivity contribution in [2.24, 2.45) is 11.1 Å². The van der Waals surface area contributed by atoms with E-state index in [1.807, 2.05) is 0 Å². The van der Waals surface area contributed by atoms with E-state index in [-0.39, 0.29) is 0 Å². The molecular weight excluding hydrogens is 150 g/mol. The molecule has 1 N–H and O–H groups in total. The average Bonchev–Trinajstić information content (AvgIpc) is 2.87. The van der Waals surface area contributed by atoms with Crippen molar-refractivity contribution in [1.82, 2.24) is 0 Å². The fraction of sp³-hybridized carbons (Fsp3) is 0.900. The quantitative estimate of drug-likeness (QED) is 0.281. The second-order valence-corrected chi connectivity index (χ2v) is 3.77. The van der Waals surface area contributed by atoms with Crippen molar-refractivity contribution in [1.29, 1.82) is 0 Å². The van der Waals surface area contributed by atoms with Crippen LogP contribution in [-0.4, -0.2) is 10.9 Å². The van der Waals surface area contributed by atoms with E-state index in [1.165, 1.54) is 32.1 Å². The van der Waals surface area contributed by atoms with Crippen LogP contribution in [-0.2, 0) is 0 Å². The highest BCUT2D eigenvalue weighted by molar-refractivity contribution is 5.84. The van der Waals surface area contributed by atoms with E-state index in [1.54, 1.807) is 0 Å². The Labute approximate surface area is 74.7 Å². The van der Waals surface area contributed by atoms with Crippen LogP contribution in [0.4, 0.5) is 0 Å². The number of oxime groups is 1. The Hall–Kier alpha value is -0.530. The minimum atomic E-state index is 0.845. The molecule has 1 aliphatic rings. The molecule has 70 valence electrons. The van der Waals surface area contributed by atoms with Gasteiger partial charge in [-0.25, -0.2) is 0 Å². The van der Waals surface area contributed by atoms with Gasteiger partial charge in [0.05, 0.1) is 5.71 Å². The Balaban J connectivity index is 2.07. The van der Waals surface area contributed by atoms with Gasteiger partial charge >= 0.3 is 0 Å². The molecule has 0 spiro atoms. The van der Waals surface area contributed by atoms with Crippen molar-refractivity contribution in [2.45, 2.75) is 51.9 Å². The number of hydrogen-bond acceptors (Lipinski definition) is 2. The lowest BCUT2D eigenvalue weighted by Gasteiger charge is -2.01. The van der Waals surface area contributed by atoms with Gasteiger partial charge in [-0.3, -0.25) is 0 Å². The van der Waals surface area contributed by atoms with E-state index in [4.69, 9.17) is 5.21 Å². The minimum Gasteiger partial charge on any atom is -0.411 e. The molecule has 1 fully saturated rings. The maximum absolute atomic E-state index is 8.69. The maximum Gasteiger partial charge on any atom is 0.0573 e. The highest BCUT2D eigenvalue weighted by atomic mass is 16.4. The molecule has 0 aromatic carbocycles. The van der Waals surface area contributed by atoms with E-state index >= 15 is 0 Å². The van der Waals surface area contributed by atoms with Crippen molar-refractivity contribution in [3.05, 3.63) is 0 Å². The Kier molecular flexibility index (Phi) is 4.12. The fourth-order valence-electron chi connectivity index (χ4n) is 1.43. The third-order valence-corrected chi connectivity index (χ3v) is 2.43. The summed E-state index contributed by atoms with van der Waals surface area (Å²) in [6, 6.07) is 0.